The van der Waals surface area contributed by atoms with Crippen molar-refractivity contribution in [3.05, 3.63) is 28.2 Å². The van der Waals surface area contributed by atoms with Crippen molar-refractivity contribution in [2.75, 3.05) is 18.1 Å². The summed E-state index contributed by atoms with van der Waals surface area (Å²) in [6.07, 6.45) is 6.39. The molecule has 1 saturated carbocycles. The van der Waals surface area contributed by atoms with Crippen LogP contribution in [0.3, 0.4) is 0 Å². The normalized spacial score (nSPS) is 16.6. The lowest BCUT2D eigenvalue weighted by molar-refractivity contribution is 0.290. The molecule has 0 saturated heterocycles. The first kappa shape index (κ1) is 14.8. The van der Waals surface area contributed by atoms with E-state index in [4.69, 9.17) is 5.73 Å². The summed E-state index contributed by atoms with van der Waals surface area (Å²) in [6.45, 7) is 1.45. The molecule has 0 heterocycles. The molecule has 106 valence electrons. The Morgan fingerprint density at radius 2 is 2.00 bits per heavy atom. The van der Waals surface area contributed by atoms with Gasteiger partial charge in [0.2, 0.25) is 0 Å². The standard InChI is InChI=1S/C15H23BrN2O/c16-14-10-12(11-17)6-7-15(14)18(8-9-19)13-4-2-1-3-5-13/h6-7,10,13,19H,1-5,8-9,11,17H2. The van der Waals surface area contributed by atoms with Gasteiger partial charge in [0, 0.05) is 23.6 Å². The SMILES string of the molecule is NCc1ccc(N(CCO)C2CCCCC2)c(Br)c1. The van der Waals surface area contributed by atoms with Gasteiger partial charge in [-0.3, -0.25) is 0 Å². The van der Waals surface area contributed by atoms with E-state index in [0.29, 0.717) is 19.1 Å². The Balaban J connectivity index is 2.22. The Morgan fingerprint density at radius 1 is 1.26 bits per heavy atom. The molecule has 0 amide bonds. The third-order valence-corrected chi connectivity index (χ3v) is 4.55. The predicted octanol–water partition coefficient (Wildman–Crippen LogP) is 3.04. The second kappa shape index (κ2) is 7.27. The Kier molecular flexibility index (Phi) is 5.67. The van der Waals surface area contributed by atoms with E-state index in [1.807, 2.05) is 0 Å². The van der Waals surface area contributed by atoms with E-state index in [1.165, 1.54) is 37.8 Å². The topological polar surface area (TPSA) is 49.5 Å². The highest BCUT2D eigenvalue weighted by Gasteiger charge is 2.22. The van der Waals surface area contributed by atoms with Crippen LogP contribution in [0.5, 0.6) is 0 Å². The zero-order valence-electron chi connectivity index (χ0n) is 11.3. The van der Waals surface area contributed by atoms with Crippen LogP contribution in [0.4, 0.5) is 5.69 Å². The monoisotopic (exact) mass is 326 g/mol. The number of hydrogen-bond acceptors (Lipinski definition) is 3. The van der Waals surface area contributed by atoms with Gasteiger partial charge in [0.25, 0.3) is 0 Å². The van der Waals surface area contributed by atoms with Crippen LogP contribution >= 0.6 is 15.9 Å². The molecule has 4 heteroatoms. The molecule has 0 atom stereocenters. The fraction of sp³-hybridized carbons (Fsp3) is 0.600. The van der Waals surface area contributed by atoms with E-state index in [1.54, 1.807) is 0 Å². The van der Waals surface area contributed by atoms with E-state index in [2.05, 4.69) is 39.0 Å². The molecule has 0 aromatic heterocycles. The molecular formula is C15H23BrN2O. The van der Waals surface area contributed by atoms with E-state index in [9.17, 15) is 5.11 Å². The molecule has 1 aliphatic carbocycles. The molecule has 1 aromatic carbocycles. The van der Waals surface area contributed by atoms with Crippen LogP contribution < -0.4 is 10.6 Å². The maximum absolute atomic E-state index is 9.34. The number of benzene rings is 1. The van der Waals surface area contributed by atoms with E-state index in [-0.39, 0.29) is 6.61 Å². The van der Waals surface area contributed by atoms with Crippen molar-refractivity contribution in [1.82, 2.24) is 0 Å². The van der Waals surface area contributed by atoms with Gasteiger partial charge in [-0.25, -0.2) is 0 Å². The summed E-state index contributed by atoms with van der Waals surface area (Å²) in [5.41, 5.74) is 7.98. The number of anilines is 1. The number of hydrogen-bond donors (Lipinski definition) is 2. The van der Waals surface area contributed by atoms with Crippen molar-refractivity contribution in [1.29, 1.82) is 0 Å². The average molecular weight is 327 g/mol. The molecule has 1 aromatic rings. The van der Waals surface area contributed by atoms with E-state index >= 15 is 0 Å². The van der Waals surface area contributed by atoms with Gasteiger partial charge >= 0.3 is 0 Å². The van der Waals surface area contributed by atoms with Gasteiger partial charge in [0.1, 0.15) is 0 Å². The van der Waals surface area contributed by atoms with Crippen LogP contribution in [0.25, 0.3) is 0 Å². The molecule has 3 nitrogen and oxygen atoms in total. The summed E-state index contributed by atoms with van der Waals surface area (Å²) in [6, 6.07) is 6.84. The van der Waals surface area contributed by atoms with Gasteiger partial charge in [-0.2, -0.15) is 0 Å². The van der Waals surface area contributed by atoms with Crippen LogP contribution in [-0.4, -0.2) is 24.3 Å². The quantitative estimate of drug-likeness (QED) is 0.874. The lowest BCUT2D eigenvalue weighted by Crippen LogP contribution is -2.39. The van der Waals surface area contributed by atoms with Crippen molar-refractivity contribution in [2.24, 2.45) is 5.73 Å². The fourth-order valence-electron chi connectivity index (χ4n) is 2.91. The fourth-order valence-corrected chi connectivity index (χ4v) is 3.56. The number of rotatable bonds is 5. The first-order valence-corrected chi connectivity index (χ1v) is 7.91. The smallest absolute Gasteiger partial charge is 0.0606 e. The van der Waals surface area contributed by atoms with Gasteiger partial charge in [-0.15, -0.1) is 0 Å². The van der Waals surface area contributed by atoms with E-state index in [0.717, 1.165) is 10.0 Å². The molecular weight excluding hydrogens is 304 g/mol. The molecule has 2 rings (SSSR count). The number of nitrogens with two attached hydrogens (primary N) is 1. The molecule has 1 aliphatic rings. The van der Waals surface area contributed by atoms with Crippen molar-refractivity contribution >= 4 is 21.6 Å². The molecule has 0 unspecified atom stereocenters. The Hall–Kier alpha value is -0.580. The van der Waals surface area contributed by atoms with Crippen molar-refractivity contribution < 1.29 is 5.11 Å². The minimum atomic E-state index is 0.196. The van der Waals surface area contributed by atoms with Gasteiger partial charge < -0.3 is 15.7 Å². The second-order valence-electron chi connectivity index (χ2n) is 5.20. The average Bonchev–Trinajstić information content (AvgIpc) is 2.46. The minimum absolute atomic E-state index is 0.196. The molecule has 3 N–H and O–H groups in total. The number of nitrogens with zero attached hydrogens (tertiary/aromatic N) is 1. The molecule has 0 aliphatic heterocycles. The predicted molar refractivity (Wildman–Crippen MR) is 83.3 cm³/mol. The van der Waals surface area contributed by atoms with Gasteiger partial charge in [-0.1, -0.05) is 25.3 Å². The Labute approximate surface area is 123 Å². The van der Waals surface area contributed by atoms with Crippen molar-refractivity contribution in [2.45, 2.75) is 44.7 Å². The Morgan fingerprint density at radius 3 is 2.58 bits per heavy atom. The van der Waals surface area contributed by atoms with Gasteiger partial charge in [-0.05, 0) is 46.5 Å². The molecule has 0 radical (unpaired) electrons. The maximum Gasteiger partial charge on any atom is 0.0606 e. The highest BCUT2D eigenvalue weighted by atomic mass is 79.9. The zero-order valence-corrected chi connectivity index (χ0v) is 12.9. The Bertz CT molecular complexity index is 405. The summed E-state index contributed by atoms with van der Waals surface area (Å²) in [7, 11) is 0. The van der Waals surface area contributed by atoms with Gasteiger partial charge in [0.15, 0.2) is 0 Å². The largest absolute Gasteiger partial charge is 0.395 e. The lowest BCUT2D eigenvalue weighted by atomic mass is 9.93. The number of halogens is 1. The summed E-state index contributed by atoms with van der Waals surface area (Å²) in [5.74, 6) is 0. The molecule has 1 fully saturated rings. The summed E-state index contributed by atoms with van der Waals surface area (Å²) >= 11 is 3.65. The summed E-state index contributed by atoms with van der Waals surface area (Å²) in [4.78, 5) is 2.35. The third-order valence-electron chi connectivity index (χ3n) is 3.91. The molecule has 0 spiro atoms. The van der Waals surface area contributed by atoms with Crippen molar-refractivity contribution in [3.8, 4) is 0 Å². The van der Waals surface area contributed by atoms with Crippen LogP contribution in [0.15, 0.2) is 22.7 Å². The van der Waals surface area contributed by atoms with E-state index < -0.39 is 0 Å². The summed E-state index contributed by atoms with van der Waals surface area (Å²) in [5, 5.41) is 9.34. The second-order valence-corrected chi connectivity index (χ2v) is 6.05. The third kappa shape index (κ3) is 3.71. The summed E-state index contributed by atoms with van der Waals surface area (Å²) < 4.78 is 1.08. The first-order chi connectivity index (χ1) is 9.26. The van der Waals surface area contributed by atoms with Gasteiger partial charge in [0.05, 0.1) is 12.3 Å². The minimum Gasteiger partial charge on any atom is -0.395 e. The van der Waals surface area contributed by atoms with Crippen LogP contribution in [0.1, 0.15) is 37.7 Å². The zero-order chi connectivity index (χ0) is 13.7. The van der Waals surface area contributed by atoms with Crippen LogP contribution in [0.2, 0.25) is 0 Å². The first-order valence-electron chi connectivity index (χ1n) is 7.12. The molecule has 19 heavy (non-hydrogen) atoms. The number of aliphatic hydroxyl groups is 1. The maximum atomic E-state index is 9.34. The van der Waals surface area contributed by atoms with Crippen molar-refractivity contribution in [3.63, 3.8) is 0 Å². The number of aliphatic hydroxyl groups excluding tert-OH is 1. The molecule has 0 bridgehead atoms. The highest BCUT2D eigenvalue weighted by Crippen LogP contribution is 2.32. The highest BCUT2D eigenvalue weighted by molar-refractivity contribution is 9.10. The lowest BCUT2D eigenvalue weighted by Gasteiger charge is -2.36. The van der Waals surface area contributed by atoms with Crippen LogP contribution in [-0.2, 0) is 6.54 Å². The van der Waals surface area contributed by atoms with Crippen LogP contribution in [0, 0.1) is 0 Å².